The van der Waals surface area contributed by atoms with Crippen LogP contribution in [0.25, 0.3) is 0 Å². The Hall–Kier alpha value is -0.0400. The predicted octanol–water partition coefficient (Wildman–Crippen LogP) is 2.97. The highest BCUT2D eigenvalue weighted by atomic mass is 16.3. The van der Waals surface area contributed by atoms with E-state index < -0.39 is 0 Å². The van der Waals surface area contributed by atoms with Crippen molar-refractivity contribution >= 4 is 0 Å². The molecule has 0 aliphatic heterocycles. The third-order valence-corrected chi connectivity index (χ3v) is 2.99. The highest BCUT2D eigenvalue weighted by Gasteiger charge is 2.50. The van der Waals surface area contributed by atoms with E-state index in [4.69, 9.17) is 0 Å². The van der Waals surface area contributed by atoms with Crippen molar-refractivity contribution in [2.24, 2.45) is 11.8 Å². The van der Waals surface area contributed by atoms with Gasteiger partial charge >= 0.3 is 0 Å². The lowest BCUT2D eigenvalue weighted by Crippen LogP contribution is -2.12. The smallest absolute Gasteiger partial charge is 0.0680 e. The van der Waals surface area contributed by atoms with Crippen molar-refractivity contribution in [2.75, 3.05) is 0 Å². The van der Waals surface area contributed by atoms with Crippen molar-refractivity contribution in [1.82, 2.24) is 0 Å². The van der Waals surface area contributed by atoms with Crippen LogP contribution in [0.1, 0.15) is 52.9 Å². The molecule has 0 heterocycles. The molecule has 1 aliphatic carbocycles. The molecule has 1 rings (SSSR count). The zero-order chi connectivity index (χ0) is 9.19. The van der Waals surface area contributed by atoms with E-state index in [-0.39, 0.29) is 5.60 Å². The van der Waals surface area contributed by atoms with Crippen LogP contribution in [0.3, 0.4) is 0 Å². The molecule has 1 aliphatic rings. The van der Waals surface area contributed by atoms with Crippen LogP contribution in [0.5, 0.6) is 0 Å². The summed E-state index contributed by atoms with van der Waals surface area (Å²) in [6.45, 7) is 6.64. The Kier molecular flexibility index (Phi) is 3.16. The minimum atomic E-state index is -0.250. The highest BCUT2D eigenvalue weighted by molar-refractivity contribution is 5.02. The van der Waals surface area contributed by atoms with Gasteiger partial charge in [0.2, 0.25) is 0 Å². The van der Waals surface area contributed by atoms with Crippen LogP contribution in [0.4, 0.5) is 0 Å². The summed E-state index contributed by atoms with van der Waals surface area (Å²) in [6.07, 6.45) is 5.70. The van der Waals surface area contributed by atoms with Crippen LogP contribution in [0.2, 0.25) is 0 Å². The van der Waals surface area contributed by atoms with Gasteiger partial charge in [0.05, 0.1) is 5.60 Å². The van der Waals surface area contributed by atoms with Gasteiger partial charge in [0.1, 0.15) is 0 Å². The first-order valence-electron chi connectivity index (χ1n) is 5.31. The standard InChI is InChI=1S/C11H22O/c1-4-5-10-8-11(10,12)7-6-9(2)3/h9-10,12H,4-8H2,1-3H3. The molecule has 0 amide bonds. The van der Waals surface area contributed by atoms with Crippen molar-refractivity contribution in [3.05, 3.63) is 0 Å². The summed E-state index contributed by atoms with van der Waals surface area (Å²) in [7, 11) is 0. The third kappa shape index (κ3) is 2.48. The fourth-order valence-corrected chi connectivity index (χ4v) is 1.93. The lowest BCUT2D eigenvalue weighted by molar-refractivity contribution is 0.112. The first kappa shape index (κ1) is 10.0. The number of hydrogen-bond acceptors (Lipinski definition) is 1. The third-order valence-electron chi connectivity index (χ3n) is 2.99. The Labute approximate surface area is 76.2 Å². The Morgan fingerprint density at radius 1 is 1.50 bits per heavy atom. The van der Waals surface area contributed by atoms with Crippen LogP contribution in [0, 0.1) is 11.8 Å². The molecule has 72 valence electrons. The van der Waals surface area contributed by atoms with Gasteiger partial charge in [-0.2, -0.15) is 0 Å². The Morgan fingerprint density at radius 3 is 2.67 bits per heavy atom. The molecule has 0 saturated heterocycles. The molecule has 1 saturated carbocycles. The van der Waals surface area contributed by atoms with E-state index in [1.54, 1.807) is 0 Å². The molecule has 0 radical (unpaired) electrons. The minimum Gasteiger partial charge on any atom is -0.390 e. The van der Waals surface area contributed by atoms with Crippen LogP contribution in [-0.4, -0.2) is 10.7 Å². The zero-order valence-electron chi connectivity index (χ0n) is 8.64. The molecule has 0 spiro atoms. The van der Waals surface area contributed by atoms with Crippen LogP contribution in [0.15, 0.2) is 0 Å². The molecule has 2 unspecified atom stereocenters. The van der Waals surface area contributed by atoms with Gasteiger partial charge in [-0.3, -0.25) is 0 Å². The van der Waals surface area contributed by atoms with E-state index in [0.29, 0.717) is 5.92 Å². The molecule has 2 atom stereocenters. The molecule has 1 nitrogen and oxygen atoms in total. The first-order valence-corrected chi connectivity index (χ1v) is 5.31. The van der Waals surface area contributed by atoms with E-state index in [2.05, 4.69) is 20.8 Å². The average molecular weight is 170 g/mol. The molecule has 0 bridgehead atoms. The van der Waals surface area contributed by atoms with Gasteiger partial charge in [0, 0.05) is 0 Å². The van der Waals surface area contributed by atoms with Gasteiger partial charge in [-0.1, -0.05) is 27.2 Å². The van der Waals surface area contributed by atoms with Crippen LogP contribution in [-0.2, 0) is 0 Å². The van der Waals surface area contributed by atoms with Gasteiger partial charge in [-0.05, 0) is 37.5 Å². The lowest BCUT2D eigenvalue weighted by Gasteiger charge is -2.11. The predicted molar refractivity (Wildman–Crippen MR) is 52.0 cm³/mol. The molecule has 12 heavy (non-hydrogen) atoms. The van der Waals surface area contributed by atoms with E-state index in [0.717, 1.165) is 18.8 Å². The maximum absolute atomic E-state index is 9.97. The maximum Gasteiger partial charge on any atom is 0.0680 e. The second-order valence-electron chi connectivity index (χ2n) is 4.73. The minimum absolute atomic E-state index is 0.250. The molecule has 0 aromatic heterocycles. The van der Waals surface area contributed by atoms with Gasteiger partial charge < -0.3 is 5.11 Å². The molecule has 1 heteroatoms. The summed E-state index contributed by atoms with van der Waals surface area (Å²) >= 11 is 0. The van der Waals surface area contributed by atoms with Gasteiger partial charge in [0.15, 0.2) is 0 Å². The second kappa shape index (κ2) is 3.78. The normalized spacial score (nSPS) is 34.2. The molecule has 0 aromatic carbocycles. The Morgan fingerprint density at radius 2 is 2.17 bits per heavy atom. The summed E-state index contributed by atoms with van der Waals surface area (Å²) < 4.78 is 0. The van der Waals surface area contributed by atoms with E-state index in [1.807, 2.05) is 0 Å². The van der Waals surface area contributed by atoms with Crippen LogP contribution >= 0.6 is 0 Å². The lowest BCUT2D eigenvalue weighted by atomic mass is 10.0. The summed E-state index contributed by atoms with van der Waals surface area (Å²) in [4.78, 5) is 0. The molecule has 0 aromatic rings. The Bertz CT molecular complexity index is 142. The summed E-state index contributed by atoms with van der Waals surface area (Å²) in [5.41, 5.74) is -0.250. The van der Waals surface area contributed by atoms with Crippen molar-refractivity contribution in [2.45, 2.75) is 58.5 Å². The van der Waals surface area contributed by atoms with Crippen LogP contribution < -0.4 is 0 Å². The van der Waals surface area contributed by atoms with Crippen molar-refractivity contribution in [3.63, 3.8) is 0 Å². The highest BCUT2D eigenvalue weighted by Crippen LogP contribution is 2.49. The topological polar surface area (TPSA) is 20.2 Å². The molecule has 1 N–H and O–H groups in total. The average Bonchev–Trinajstić information content (AvgIpc) is 2.60. The van der Waals surface area contributed by atoms with E-state index in [9.17, 15) is 5.11 Å². The van der Waals surface area contributed by atoms with Gasteiger partial charge in [-0.15, -0.1) is 0 Å². The number of hydrogen-bond donors (Lipinski definition) is 1. The first-order chi connectivity index (χ1) is 5.58. The number of rotatable bonds is 5. The van der Waals surface area contributed by atoms with Crippen molar-refractivity contribution < 1.29 is 5.11 Å². The Balaban J connectivity index is 2.16. The van der Waals surface area contributed by atoms with Crippen molar-refractivity contribution in [3.8, 4) is 0 Å². The summed E-state index contributed by atoms with van der Waals surface area (Å²) in [6, 6.07) is 0. The molecule has 1 fully saturated rings. The molecular weight excluding hydrogens is 148 g/mol. The fraction of sp³-hybridized carbons (Fsp3) is 1.00. The van der Waals surface area contributed by atoms with E-state index in [1.165, 1.54) is 19.3 Å². The van der Waals surface area contributed by atoms with E-state index >= 15 is 0 Å². The van der Waals surface area contributed by atoms with Gasteiger partial charge in [0.25, 0.3) is 0 Å². The van der Waals surface area contributed by atoms with Gasteiger partial charge in [-0.25, -0.2) is 0 Å². The fourth-order valence-electron chi connectivity index (χ4n) is 1.93. The summed E-state index contributed by atoms with van der Waals surface area (Å²) in [5.74, 6) is 1.36. The zero-order valence-corrected chi connectivity index (χ0v) is 8.64. The number of aliphatic hydroxyl groups is 1. The second-order valence-corrected chi connectivity index (χ2v) is 4.73. The summed E-state index contributed by atoms with van der Waals surface area (Å²) in [5, 5.41) is 9.97. The van der Waals surface area contributed by atoms with Crippen molar-refractivity contribution in [1.29, 1.82) is 0 Å². The quantitative estimate of drug-likeness (QED) is 0.672. The molecular formula is C11H22O. The SMILES string of the molecule is CCCC1CC1(O)CCC(C)C. The monoisotopic (exact) mass is 170 g/mol. The maximum atomic E-state index is 9.97. The largest absolute Gasteiger partial charge is 0.390 e.